The maximum atomic E-state index is 13.0. The second kappa shape index (κ2) is 7.04. The fraction of sp³-hybridized carbons (Fsp3) is 0.684. The fourth-order valence-electron chi connectivity index (χ4n) is 3.76. The first-order valence-electron chi connectivity index (χ1n) is 8.58. The second-order valence-corrected chi connectivity index (χ2v) is 8.16. The number of benzene rings is 1. The molecule has 3 atom stereocenters. The molecule has 0 aliphatic heterocycles. The van der Waals surface area contributed by atoms with E-state index in [0.29, 0.717) is 6.04 Å². The van der Waals surface area contributed by atoms with Gasteiger partial charge in [-0.25, -0.2) is 0 Å². The average Bonchev–Trinajstić information content (AvgIpc) is 2.44. The fourth-order valence-corrected chi connectivity index (χ4v) is 3.76. The highest BCUT2D eigenvalue weighted by atomic mass is 19.4. The topological polar surface area (TPSA) is 15.3 Å². The van der Waals surface area contributed by atoms with E-state index in [4.69, 9.17) is 0 Å². The smallest absolute Gasteiger partial charge is 0.308 e. The molecule has 0 radical (unpaired) electrons. The highest BCUT2D eigenvalue weighted by Crippen LogP contribution is 2.37. The number of nitrogens with one attached hydrogen (secondary N) is 1. The van der Waals surface area contributed by atoms with Crippen molar-refractivity contribution in [3.63, 3.8) is 0 Å². The zero-order chi connectivity index (χ0) is 18.1. The minimum absolute atomic E-state index is 0.0192. The molecule has 0 heterocycles. The SMILES string of the molecule is CN(C)[C@H]1CC[C@H](c2cccc(C(F)(F)F)c2)C[C@@H]1NC(C)(C)C. The van der Waals surface area contributed by atoms with Gasteiger partial charge in [-0.05, 0) is 71.7 Å². The molecule has 0 bridgehead atoms. The molecule has 2 nitrogen and oxygen atoms in total. The summed E-state index contributed by atoms with van der Waals surface area (Å²) in [4.78, 5) is 2.23. The van der Waals surface area contributed by atoms with Crippen LogP contribution in [0.15, 0.2) is 24.3 Å². The van der Waals surface area contributed by atoms with Crippen LogP contribution < -0.4 is 5.32 Å². The van der Waals surface area contributed by atoms with Gasteiger partial charge in [-0.2, -0.15) is 13.2 Å². The van der Waals surface area contributed by atoms with E-state index in [1.54, 1.807) is 0 Å². The molecule has 2 rings (SSSR count). The maximum Gasteiger partial charge on any atom is 0.416 e. The lowest BCUT2D eigenvalue weighted by Gasteiger charge is -2.43. The molecule has 0 amide bonds. The molecule has 0 unspecified atom stereocenters. The van der Waals surface area contributed by atoms with Crippen LogP contribution in [0.2, 0.25) is 0 Å². The molecule has 0 spiro atoms. The van der Waals surface area contributed by atoms with E-state index in [0.717, 1.165) is 30.9 Å². The molecule has 136 valence electrons. The van der Waals surface area contributed by atoms with Crippen molar-refractivity contribution in [2.75, 3.05) is 14.1 Å². The van der Waals surface area contributed by atoms with Crippen LogP contribution in [0, 0.1) is 0 Å². The first-order chi connectivity index (χ1) is 11.0. The minimum atomic E-state index is -4.28. The van der Waals surface area contributed by atoms with Gasteiger partial charge in [0.25, 0.3) is 0 Å². The average molecular weight is 342 g/mol. The Hall–Kier alpha value is -1.07. The first kappa shape index (κ1) is 19.3. The van der Waals surface area contributed by atoms with Crippen molar-refractivity contribution in [3.05, 3.63) is 35.4 Å². The molecule has 1 aromatic carbocycles. The summed E-state index contributed by atoms with van der Waals surface area (Å²) in [5.41, 5.74) is 0.243. The Balaban J connectivity index is 2.21. The van der Waals surface area contributed by atoms with Gasteiger partial charge in [0.1, 0.15) is 0 Å². The largest absolute Gasteiger partial charge is 0.416 e. The van der Waals surface area contributed by atoms with Gasteiger partial charge < -0.3 is 10.2 Å². The van der Waals surface area contributed by atoms with Crippen LogP contribution in [0.1, 0.15) is 57.1 Å². The van der Waals surface area contributed by atoms with Gasteiger partial charge in [0.15, 0.2) is 0 Å². The highest BCUT2D eigenvalue weighted by Gasteiger charge is 2.36. The Morgan fingerprint density at radius 2 is 1.75 bits per heavy atom. The molecule has 0 saturated heterocycles. The molecule has 5 heteroatoms. The van der Waals surface area contributed by atoms with E-state index >= 15 is 0 Å². The summed E-state index contributed by atoms with van der Waals surface area (Å²) in [5.74, 6) is 0.170. The van der Waals surface area contributed by atoms with Crippen LogP contribution in [-0.4, -0.2) is 36.6 Å². The van der Waals surface area contributed by atoms with E-state index in [2.05, 4.69) is 45.1 Å². The zero-order valence-corrected chi connectivity index (χ0v) is 15.2. The molecule has 1 N–H and O–H groups in total. The first-order valence-corrected chi connectivity index (χ1v) is 8.58. The van der Waals surface area contributed by atoms with Crippen LogP contribution in [0.5, 0.6) is 0 Å². The third-order valence-electron chi connectivity index (χ3n) is 4.78. The normalized spacial score (nSPS) is 26.0. The predicted octanol–water partition coefficient (Wildman–Crippen LogP) is 4.66. The zero-order valence-electron chi connectivity index (χ0n) is 15.2. The lowest BCUT2D eigenvalue weighted by molar-refractivity contribution is -0.137. The number of nitrogens with zero attached hydrogens (tertiary/aromatic N) is 1. The number of hydrogen-bond acceptors (Lipinski definition) is 2. The van der Waals surface area contributed by atoms with Crippen LogP contribution in [0.4, 0.5) is 13.2 Å². The van der Waals surface area contributed by atoms with E-state index in [1.165, 1.54) is 12.1 Å². The summed E-state index contributed by atoms with van der Waals surface area (Å²) in [6.45, 7) is 6.40. The molecule has 1 saturated carbocycles. The maximum absolute atomic E-state index is 13.0. The van der Waals surface area contributed by atoms with Gasteiger partial charge in [0, 0.05) is 17.6 Å². The summed E-state index contributed by atoms with van der Waals surface area (Å²) < 4.78 is 38.9. The minimum Gasteiger partial charge on any atom is -0.308 e. The van der Waals surface area contributed by atoms with Crippen molar-refractivity contribution in [2.45, 2.75) is 69.8 Å². The van der Waals surface area contributed by atoms with Crippen molar-refractivity contribution in [1.29, 1.82) is 0 Å². The van der Waals surface area contributed by atoms with Crippen LogP contribution >= 0.6 is 0 Å². The molecule has 24 heavy (non-hydrogen) atoms. The van der Waals surface area contributed by atoms with Gasteiger partial charge in [-0.1, -0.05) is 18.2 Å². The summed E-state index contributed by atoms with van der Waals surface area (Å²) in [5, 5.41) is 3.67. The Bertz CT molecular complexity index is 546. The van der Waals surface area contributed by atoms with Crippen molar-refractivity contribution >= 4 is 0 Å². The van der Waals surface area contributed by atoms with E-state index in [9.17, 15) is 13.2 Å². The van der Waals surface area contributed by atoms with Crippen molar-refractivity contribution in [2.24, 2.45) is 0 Å². The van der Waals surface area contributed by atoms with Crippen molar-refractivity contribution in [3.8, 4) is 0 Å². The molecular formula is C19H29F3N2. The standard InChI is InChI=1S/C19H29F3N2/c1-18(2,3)23-16-12-14(9-10-17(16)24(4)5)13-7-6-8-15(11-13)19(20,21)22/h6-8,11,14,16-17,23H,9-10,12H2,1-5H3/t14-,16-,17-/m0/s1. The summed E-state index contributed by atoms with van der Waals surface area (Å²) in [7, 11) is 4.15. The van der Waals surface area contributed by atoms with Crippen LogP contribution in [0.3, 0.4) is 0 Å². The number of halogens is 3. The van der Waals surface area contributed by atoms with Crippen LogP contribution in [0.25, 0.3) is 0 Å². The second-order valence-electron chi connectivity index (χ2n) is 8.16. The number of alkyl halides is 3. The third-order valence-corrected chi connectivity index (χ3v) is 4.78. The van der Waals surface area contributed by atoms with Gasteiger partial charge in [-0.3, -0.25) is 0 Å². The predicted molar refractivity (Wildman–Crippen MR) is 92.2 cm³/mol. The monoisotopic (exact) mass is 342 g/mol. The summed E-state index contributed by atoms with van der Waals surface area (Å²) >= 11 is 0. The highest BCUT2D eigenvalue weighted by molar-refractivity contribution is 5.29. The molecular weight excluding hydrogens is 313 g/mol. The van der Waals surface area contributed by atoms with E-state index in [-0.39, 0.29) is 17.5 Å². The Morgan fingerprint density at radius 3 is 2.29 bits per heavy atom. The number of rotatable bonds is 3. The third kappa shape index (κ3) is 4.96. The molecule has 1 fully saturated rings. The Kier molecular flexibility index (Phi) is 5.65. The summed E-state index contributed by atoms with van der Waals surface area (Å²) in [6, 6.07) is 6.53. The molecule has 1 aliphatic carbocycles. The van der Waals surface area contributed by atoms with Gasteiger partial charge in [-0.15, -0.1) is 0 Å². The molecule has 0 aromatic heterocycles. The van der Waals surface area contributed by atoms with Gasteiger partial charge in [0.2, 0.25) is 0 Å². The van der Waals surface area contributed by atoms with Gasteiger partial charge in [0.05, 0.1) is 5.56 Å². The van der Waals surface area contributed by atoms with E-state index < -0.39 is 11.7 Å². The number of likely N-dealkylation sites (N-methyl/N-ethyl adjacent to an activating group) is 1. The summed E-state index contributed by atoms with van der Waals surface area (Å²) in [6.07, 6.45) is -1.50. The molecule has 1 aromatic rings. The molecule has 1 aliphatic rings. The van der Waals surface area contributed by atoms with E-state index in [1.807, 2.05) is 6.07 Å². The Morgan fingerprint density at radius 1 is 1.08 bits per heavy atom. The van der Waals surface area contributed by atoms with Crippen molar-refractivity contribution in [1.82, 2.24) is 10.2 Å². The lowest BCUT2D eigenvalue weighted by atomic mass is 9.77. The van der Waals surface area contributed by atoms with Gasteiger partial charge >= 0.3 is 6.18 Å². The van der Waals surface area contributed by atoms with Crippen molar-refractivity contribution < 1.29 is 13.2 Å². The quantitative estimate of drug-likeness (QED) is 0.859. The lowest BCUT2D eigenvalue weighted by Crippen LogP contribution is -2.55. The number of hydrogen-bond donors (Lipinski definition) is 1. The Labute approximate surface area is 143 Å². The van der Waals surface area contributed by atoms with Crippen LogP contribution in [-0.2, 0) is 6.18 Å².